The van der Waals surface area contributed by atoms with Crippen LogP contribution >= 0.6 is 0 Å². The minimum Gasteiger partial charge on any atom is -0.297 e. The van der Waals surface area contributed by atoms with Crippen molar-refractivity contribution in [2.75, 3.05) is 13.1 Å². The smallest absolute Gasteiger partial charge is 0.240 e. The summed E-state index contributed by atoms with van der Waals surface area (Å²) in [6.45, 7) is 4.12. The van der Waals surface area contributed by atoms with Crippen LogP contribution in [-0.4, -0.2) is 38.2 Å². The van der Waals surface area contributed by atoms with Gasteiger partial charge in [-0.3, -0.25) is 9.69 Å². The lowest BCUT2D eigenvalue weighted by molar-refractivity contribution is 0.0988. The molecule has 5 nitrogen and oxygen atoms in total. The van der Waals surface area contributed by atoms with Crippen LogP contribution < -0.4 is 4.72 Å². The van der Waals surface area contributed by atoms with Gasteiger partial charge in [-0.05, 0) is 24.1 Å². The number of benzene rings is 2. The molecule has 3 rings (SSSR count). The first-order chi connectivity index (χ1) is 12.5. The van der Waals surface area contributed by atoms with Crippen LogP contribution in [0.2, 0.25) is 0 Å². The summed E-state index contributed by atoms with van der Waals surface area (Å²) >= 11 is 0. The van der Waals surface area contributed by atoms with Crippen molar-refractivity contribution >= 4 is 15.8 Å². The van der Waals surface area contributed by atoms with Gasteiger partial charge < -0.3 is 0 Å². The number of hydrogen-bond acceptors (Lipinski definition) is 4. The third-order valence-electron chi connectivity index (χ3n) is 4.63. The molecule has 1 aliphatic rings. The molecule has 138 valence electrons. The molecule has 2 aromatic rings. The van der Waals surface area contributed by atoms with E-state index in [0.29, 0.717) is 18.5 Å². The summed E-state index contributed by atoms with van der Waals surface area (Å²) in [7, 11) is -3.63. The predicted molar refractivity (Wildman–Crippen MR) is 102 cm³/mol. The maximum absolute atomic E-state index is 12.7. The summed E-state index contributed by atoms with van der Waals surface area (Å²) in [6, 6.07) is 16.3. The third-order valence-corrected chi connectivity index (χ3v) is 6.15. The Morgan fingerprint density at radius 1 is 1.15 bits per heavy atom. The van der Waals surface area contributed by atoms with Crippen molar-refractivity contribution in [3.05, 3.63) is 65.7 Å². The summed E-state index contributed by atoms with van der Waals surface area (Å²) in [6.07, 6.45) is 1.13. The quantitative estimate of drug-likeness (QED) is 0.759. The minimum atomic E-state index is -3.63. The molecule has 0 spiro atoms. The van der Waals surface area contributed by atoms with Gasteiger partial charge in [-0.1, -0.05) is 49.4 Å². The second-order valence-corrected chi connectivity index (χ2v) is 8.35. The van der Waals surface area contributed by atoms with Crippen molar-refractivity contribution in [3.8, 4) is 0 Å². The molecule has 2 aromatic carbocycles. The van der Waals surface area contributed by atoms with Gasteiger partial charge in [-0.2, -0.15) is 0 Å². The number of nitrogens with one attached hydrogen (secondary N) is 1. The molecule has 1 saturated heterocycles. The molecule has 1 fully saturated rings. The van der Waals surface area contributed by atoms with Crippen LogP contribution in [0, 0.1) is 0 Å². The number of likely N-dealkylation sites (tertiary alicyclic amines) is 1. The number of rotatable bonds is 7. The molecule has 1 heterocycles. The zero-order valence-electron chi connectivity index (χ0n) is 14.9. The lowest BCUT2D eigenvalue weighted by Crippen LogP contribution is -2.37. The van der Waals surface area contributed by atoms with E-state index in [-0.39, 0.29) is 16.7 Å². The molecule has 0 bridgehead atoms. The van der Waals surface area contributed by atoms with E-state index in [2.05, 4.69) is 21.8 Å². The van der Waals surface area contributed by atoms with Gasteiger partial charge in [0.15, 0.2) is 5.78 Å². The Morgan fingerprint density at radius 2 is 1.92 bits per heavy atom. The van der Waals surface area contributed by atoms with Gasteiger partial charge in [0.1, 0.15) is 0 Å². The Kier molecular flexibility index (Phi) is 5.86. The van der Waals surface area contributed by atoms with E-state index in [1.807, 2.05) is 18.2 Å². The highest BCUT2D eigenvalue weighted by atomic mass is 32.2. The second-order valence-electron chi connectivity index (χ2n) is 6.63. The van der Waals surface area contributed by atoms with Crippen molar-refractivity contribution in [2.45, 2.75) is 37.2 Å². The van der Waals surface area contributed by atoms with Crippen LogP contribution in [0.4, 0.5) is 0 Å². The SMILES string of the molecule is CCC(=O)c1cccc(S(=O)(=O)NC2CCN(Cc3ccccc3)C2)c1. The summed E-state index contributed by atoms with van der Waals surface area (Å²) in [5.41, 5.74) is 1.66. The number of nitrogens with zero attached hydrogens (tertiary/aromatic N) is 1. The monoisotopic (exact) mass is 372 g/mol. The Hall–Kier alpha value is -2.02. The zero-order valence-corrected chi connectivity index (χ0v) is 15.7. The van der Waals surface area contributed by atoms with Gasteiger partial charge in [0, 0.05) is 37.7 Å². The molecule has 0 radical (unpaired) electrons. The largest absolute Gasteiger partial charge is 0.297 e. The average Bonchev–Trinajstić information content (AvgIpc) is 3.08. The second kappa shape index (κ2) is 8.12. The molecule has 1 N–H and O–H groups in total. The van der Waals surface area contributed by atoms with Gasteiger partial charge in [-0.15, -0.1) is 0 Å². The fourth-order valence-corrected chi connectivity index (χ4v) is 4.55. The third kappa shape index (κ3) is 4.58. The van der Waals surface area contributed by atoms with E-state index in [1.165, 1.54) is 17.7 Å². The van der Waals surface area contributed by atoms with Crippen LogP contribution in [-0.2, 0) is 16.6 Å². The van der Waals surface area contributed by atoms with Gasteiger partial charge in [0.05, 0.1) is 4.90 Å². The Bertz CT molecular complexity index is 866. The number of hydrogen-bond donors (Lipinski definition) is 1. The highest BCUT2D eigenvalue weighted by Gasteiger charge is 2.27. The van der Waals surface area contributed by atoms with E-state index in [1.54, 1.807) is 19.1 Å². The highest BCUT2D eigenvalue weighted by Crippen LogP contribution is 2.18. The standard InChI is InChI=1S/C20H24N2O3S/c1-2-20(23)17-9-6-10-19(13-17)26(24,25)21-18-11-12-22(15-18)14-16-7-4-3-5-8-16/h3-10,13,18,21H,2,11-12,14-15H2,1H3. The first-order valence-corrected chi connectivity index (χ1v) is 10.4. The summed E-state index contributed by atoms with van der Waals surface area (Å²) in [5, 5.41) is 0. The number of carbonyl (C=O) groups excluding carboxylic acids is 1. The van der Waals surface area contributed by atoms with Crippen molar-refractivity contribution in [3.63, 3.8) is 0 Å². The van der Waals surface area contributed by atoms with Crippen molar-refractivity contribution in [2.24, 2.45) is 0 Å². The van der Waals surface area contributed by atoms with Crippen molar-refractivity contribution < 1.29 is 13.2 Å². The van der Waals surface area contributed by atoms with Crippen LogP contribution in [0.1, 0.15) is 35.7 Å². The van der Waals surface area contributed by atoms with Crippen LogP contribution in [0.3, 0.4) is 0 Å². The molecule has 26 heavy (non-hydrogen) atoms. The summed E-state index contributed by atoms with van der Waals surface area (Å²) < 4.78 is 28.1. The van der Waals surface area contributed by atoms with Gasteiger partial charge in [0.2, 0.25) is 10.0 Å². The van der Waals surface area contributed by atoms with E-state index < -0.39 is 10.0 Å². The molecule has 0 saturated carbocycles. The fraction of sp³-hybridized carbons (Fsp3) is 0.350. The molecule has 0 aliphatic carbocycles. The van der Waals surface area contributed by atoms with Crippen LogP contribution in [0.25, 0.3) is 0 Å². The average molecular weight is 372 g/mol. The van der Waals surface area contributed by atoms with Gasteiger partial charge in [0.25, 0.3) is 0 Å². The van der Waals surface area contributed by atoms with Crippen molar-refractivity contribution in [1.82, 2.24) is 9.62 Å². The maximum atomic E-state index is 12.7. The Morgan fingerprint density at radius 3 is 2.65 bits per heavy atom. The number of Topliss-reactive ketones (excluding diaryl/α,β-unsaturated/α-hetero) is 1. The summed E-state index contributed by atoms with van der Waals surface area (Å²) in [4.78, 5) is 14.2. The molecule has 1 unspecified atom stereocenters. The topological polar surface area (TPSA) is 66.5 Å². The van der Waals surface area contributed by atoms with E-state index in [0.717, 1.165) is 19.5 Å². The first-order valence-electron chi connectivity index (χ1n) is 8.90. The normalized spacial score (nSPS) is 18.1. The van der Waals surface area contributed by atoms with Crippen LogP contribution in [0.15, 0.2) is 59.5 Å². The first kappa shape index (κ1) is 18.8. The Labute approximate surface area is 155 Å². The molecular formula is C20H24N2O3S. The molecule has 1 aliphatic heterocycles. The molecule has 0 aromatic heterocycles. The molecule has 6 heteroatoms. The van der Waals surface area contributed by atoms with E-state index in [4.69, 9.17) is 0 Å². The highest BCUT2D eigenvalue weighted by molar-refractivity contribution is 7.89. The molecule has 1 atom stereocenters. The minimum absolute atomic E-state index is 0.0584. The van der Waals surface area contributed by atoms with Gasteiger partial charge in [-0.25, -0.2) is 13.1 Å². The van der Waals surface area contributed by atoms with E-state index >= 15 is 0 Å². The molecular weight excluding hydrogens is 348 g/mol. The number of ketones is 1. The van der Waals surface area contributed by atoms with Crippen molar-refractivity contribution in [1.29, 1.82) is 0 Å². The zero-order chi connectivity index (χ0) is 18.6. The number of carbonyl (C=O) groups is 1. The maximum Gasteiger partial charge on any atom is 0.240 e. The lowest BCUT2D eigenvalue weighted by Gasteiger charge is -2.17. The lowest BCUT2D eigenvalue weighted by atomic mass is 10.1. The predicted octanol–water partition coefficient (Wildman–Crippen LogP) is 2.83. The molecule has 0 amide bonds. The Balaban J connectivity index is 1.64. The van der Waals surface area contributed by atoms with E-state index in [9.17, 15) is 13.2 Å². The number of sulfonamides is 1. The van der Waals surface area contributed by atoms with Gasteiger partial charge >= 0.3 is 0 Å². The van der Waals surface area contributed by atoms with Crippen LogP contribution in [0.5, 0.6) is 0 Å². The fourth-order valence-electron chi connectivity index (χ4n) is 3.24. The summed E-state index contributed by atoms with van der Waals surface area (Å²) in [5.74, 6) is -0.0584.